The summed E-state index contributed by atoms with van der Waals surface area (Å²) in [5, 5.41) is 10.5. The van der Waals surface area contributed by atoms with Gasteiger partial charge in [-0.1, -0.05) is 22.9 Å². The molecule has 0 spiro atoms. The molecule has 10 heteroatoms. The molecule has 0 aliphatic carbocycles. The van der Waals surface area contributed by atoms with Gasteiger partial charge in [-0.15, -0.1) is 0 Å². The van der Waals surface area contributed by atoms with Crippen LogP contribution in [0.3, 0.4) is 0 Å². The predicted molar refractivity (Wildman–Crippen MR) is 125 cm³/mol. The first-order valence-corrected chi connectivity index (χ1v) is 10.6. The van der Waals surface area contributed by atoms with E-state index in [4.69, 9.17) is 14.0 Å². The molecule has 0 saturated heterocycles. The Kier molecular flexibility index (Phi) is 8.33. The lowest BCUT2D eigenvalue weighted by molar-refractivity contribution is -0.123. The highest BCUT2D eigenvalue weighted by molar-refractivity contribution is 6.00. The highest BCUT2D eigenvalue weighted by atomic mass is 16.5. The number of carbonyl (C=O) groups is 2. The van der Waals surface area contributed by atoms with E-state index in [0.29, 0.717) is 17.3 Å². The van der Waals surface area contributed by atoms with E-state index >= 15 is 0 Å². The van der Waals surface area contributed by atoms with Crippen LogP contribution in [0.1, 0.15) is 30.4 Å². The number of hydrogen-bond acceptors (Lipinski definition) is 8. The number of carbonyl (C=O) groups excluding carboxylic acids is 2. The minimum atomic E-state index is -0.420. The Morgan fingerprint density at radius 3 is 2.56 bits per heavy atom. The molecular weight excluding hydrogens is 438 g/mol. The third-order valence-corrected chi connectivity index (χ3v) is 4.73. The summed E-state index contributed by atoms with van der Waals surface area (Å²) in [7, 11) is 1.59. The lowest BCUT2D eigenvalue weighted by atomic mass is 10.1. The molecule has 34 heavy (non-hydrogen) atoms. The van der Waals surface area contributed by atoms with Crippen molar-refractivity contribution in [2.45, 2.75) is 33.7 Å². The summed E-state index contributed by atoms with van der Waals surface area (Å²) in [6.07, 6.45) is -0.00230. The summed E-state index contributed by atoms with van der Waals surface area (Å²) in [6.45, 7) is 5.43. The van der Waals surface area contributed by atoms with Gasteiger partial charge in [0.05, 0.1) is 20.1 Å². The Morgan fingerprint density at radius 2 is 1.85 bits per heavy atom. The highest BCUT2D eigenvalue weighted by Crippen LogP contribution is 2.20. The average Bonchev–Trinajstić information content (AvgIpc) is 3.30. The van der Waals surface area contributed by atoms with Crippen LogP contribution in [-0.4, -0.2) is 41.4 Å². The number of benzene rings is 2. The minimum Gasteiger partial charge on any atom is -0.497 e. The first-order valence-electron chi connectivity index (χ1n) is 10.6. The highest BCUT2D eigenvalue weighted by Gasteiger charge is 2.11. The fraction of sp³-hybridized carbons (Fsp3) is 0.292. The van der Waals surface area contributed by atoms with Crippen LogP contribution >= 0.6 is 0 Å². The van der Waals surface area contributed by atoms with Crippen molar-refractivity contribution in [2.75, 3.05) is 13.7 Å². The number of hydrogen-bond donors (Lipinski definition) is 2. The summed E-state index contributed by atoms with van der Waals surface area (Å²) < 4.78 is 15.8. The number of rotatable bonds is 10. The maximum absolute atomic E-state index is 12.2. The molecule has 178 valence electrons. The average molecular weight is 466 g/mol. The van der Waals surface area contributed by atoms with E-state index in [2.05, 4.69) is 26.0 Å². The maximum Gasteiger partial charge on any atom is 0.277 e. The number of aromatic nitrogens is 2. The van der Waals surface area contributed by atoms with E-state index in [9.17, 15) is 9.59 Å². The molecule has 0 bridgehead atoms. The van der Waals surface area contributed by atoms with E-state index in [1.165, 1.54) is 0 Å². The largest absolute Gasteiger partial charge is 0.497 e. The van der Waals surface area contributed by atoms with Crippen molar-refractivity contribution in [1.29, 1.82) is 0 Å². The number of nitrogens with one attached hydrogen (secondary N) is 2. The topological polar surface area (TPSA) is 128 Å². The molecule has 0 fully saturated rings. The van der Waals surface area contributed by atoms with Gasteiger partial charge in [-0.05, 0) is 56.7 Å². The van der Waals surface area contributed by atoms with Gasteiger partial charge in [0.2, 0.25) is 17.6 Å². The standard InChI is InChI=1S/C24H27N5O5/c1-15-5-10-20(16(2)11-15)33-14-22(31)28-27-17(3)12-21(30)25-13-23-26-24(29-34-23)18-6-8-19(32-4)9-7-18/h5-11H,12-14H2,1-4H3,(H,25,30)(H,28,31). The second kappa shape index (κ2) is 11.6. The van der Waals surface area contributed by atoms with Crippen molar-refractivity contribution in [3.8, 4) is 22.9 Å². The molecule has 2 aromatic carbocycles. The van der Waals surface area contributed by atoms with Gasteiger partial charge in [-0.2, -0.15) is 10.1 Å². The molecule has 0 radical (unpaired) electrons. The van der Waals surface area contributed by atoms with E-state index in [-0.39, 0.29) is 31.4 Å². The molecule has 0 aliphatic heterocycles. The van der Waals surface area contributed by atoms with Gasteiger partial charge in [0.25, 0.3) is 5.91 Å². The molecule has 1 aromatic heterocycles. The Morgan fingerprint density at radius 1 is 1.09 bits per heavy atom. The Bertz CT molecular complexity index is 1170. The normalized spacial score (nSPS) is 11.1. The predicted octanol–water partition coefficient (Wildman–Crippen LogP) is 2.94. The molecule has 0 unspecified atom stereocenters. The van der Waals surface area contributed by atoms with Crippen LogP contribution < -0.4 is 20.2 Å². The molecular formula is C24H27N5O5. The van der Waals surface area contributed by atoms with Crippen molar-refractivity contribution < 1.29 is 23.6 Å². The fourth-order valence-corrected chi connectivity index (χ4v) is 2.99. The Labute approximate surface area is 197 Å². The molecule has 2 N–H and O–H groups in total. The number of aryl methyl sites for hydroxylation is 2. The third-order valence-electron chi connectivity index (χ3n) is 4.73. The van der Waals surface area contributed by atoms with E-state index in [1.807, 2.05) is 44.2 Å². The smallest absolute Gasteiger partial charge is 0.277 e. The molecule has 0 aliphatic rings. The summed E-state index contributed by atoms with van der Waals surface area (Å²) in [6, 6.07) is 12.9. The van der Waals surface area contributed by atoms with Crippen LogP contribution in [0.5, 0.6) is 11.5 Å². The summed E-state index contributed by atoms with van der Waals surface area (Å²) in [4.78, 5) is 28.4. The number of hydrazone groups is 1. The number of nitrogens with zero attached hydrogens (tertiary/aromatic N) is 3. The zero-order chi connectivity index (χ0) is 24.5. The van der Waals surface area contributed by atoms with E-state index < -0.39 is 5.91 Å². The second-order valence-corrected chi connectivity index (χ2v) is 7.63. The molecule has 3 rings (SSSR count). The molecule has 1 heterocycles. The zero-order valence-electron chi connectivity index (χ0n) is 19.5. The number of ether oxygens (including phenoxy) is 2. The van der Waals surface area contributed by atoms with Crippen LogP contribution in [0.4, 0.5) is 0 Å². The Hall–Kier alpha value is -4.21. The van der Waals surface area contributed by atoms with Crippen LogP contribution in [-0.2, 0) is 16.1 Å². The molecule has 0 atom stereocenters. The van der Waals surface area contributed by atoms with Crippen molar-refractivity contribution in [3.05, 3.63) is 59.5 Å². The van der Waals surface area contributed by atoms with Gasteiger partial charge in [0.15, 0.2) is 6.61 Å². The van der Waals surface area contributed by atoms with Gasteiger partial charge in [-0.3, -0.25) is 9.59 Å². The van der Waals surface area contributed by atoms with Crippen molar-refractivity contribution in [3.63, 3.8) is 0 Å². The SMILES string of the molecule is COc1ccc(-c2noc(CNC(=O)CC(C)=NNC(=O)COc3ccc(C)cc3C)n2)cc1. The number of amides is 2. The van der Waals surface area contributed by atoms with E-state index in [1.54, 1.807) is 26.2 Å². The van der Waals surface area contributed by atoms with Crippen molar-refractivity contribution in [2.24, 2.45) is 5.10 Å². The molecule has 3 aromatic rings. The number of methoxy groups -OCH3 is 1. The van der Waals surface area contributed by atoms with Crippen LogP contribution in [0.15, 0.2) is 52.1 Å². The first kappa shape index (κ1) is 24.4. The summed E-state index contributed by atoms with van der Waals surface area (Å²) in [5.74, 6) is 1.32. The lowest BCUT2D eigenvalue weighted by Gasteiger charge is -2.09. The summed E-state index contributed by atoms with van der Waals surface area (Å²) >= 11 is 0. The van der Waals surface area contributed by atoms with Gasteiger partial charge in [-0.25, -0.2) is 5.43 Å². The van der Waals surface area contributed by atoms with Crippen molar-refractivity contribution >= 4 is 17.5 Å². The van der Waals surface area contributed by atoms with Gasteiger partial charge >= 0.3 is 0 Å². The Balaban J connectivity index is 1.41. The lowest BCUT2D eigenvalue weighted by Crippen LogP contribution is -2.28. The third kappa shape index (κ3) is 7.16. The monoisotopic (exact) mass is 465 g/mol. The van der Waals surface area contributed by atoms with Crippen LogP contribution in [0, 0.1) is 13.8 Å². The minimum absolute atomic E-state index is 0.00230. The fourth-order valence-electron chi connectivity index (χ4n) is 2.99. The first-order chi connectivity index (χ1) is 16.3. The van der Waals surface area contributed by atoms with Crippen LogP contribution in [0.2, 0.25) is 0 Å². The zero-order valence-corrected chi connectivity index (χ0v) is 19.5. The van der Waals surface area contributed by atoms with E-state index in [0.717, 1.165) is 22.4 Å². The second-order valence-electron chi connectivity index (χ2n) is 7.63. The molecule has 0 saturated carbocycles. The van der Waals surface area contributed by atoms with Gasteiger partial charge in [0, 0.05) is 11.3 Å². The quantitative estimate of drug-likeness (QED) is 0.348. The molecule has 10 nitrogen and oxygen atoms in total. The van der Waals surface area contributed by atoms with Crippen molar-refractivity contribution in [1.82, 2.24) is 20.9 Å². The van der Waals surface area contributed by atoms with Gasteiger partial charge < -0.3 is 19.3 Å². The maximum atomic E-state index is 12.2. The van der Waals surface area contributed by atoms with Gasteiger partial charge in [0.1, 0.15) is 11.5 Å². The molecule has 2 amide bonds. The van der Waals surface area contributed by atoms with Crippen LogP contribution in [0.25, 0.3) is 11.4 Å². The summed E-state index contributed by atoms with van der Waals surface area (Å²) in [5.41, 5.74) is 5.65.